The van der Waals surface area contributed by atoms with Crippen LogP contribution in [0.1, 0.15) is 52.4 Å². The second kappa shape index (κ2) is 9.25. The smallest absolute Gasteiger partial charge is 0.410 e. The van der Waals surface area contributed by atoms with Crippen molar-refractivity contribution in [2.45, 2.75) is 64.0 Å². The van der Waals surface area contributed by atoms with Gasteiger partial charge in [-0.05, 0) is 47.1 Å². The summed E-state index contributed by atoms with van der Waals surface area (Å²) >= 11 is 0. The highest BCUT2D eigenvalue weighted by Crippen LogP contribution is 2.64. The Labute approximate surface area is 197 Å². The standard InChI is InChI=1S/C23H35N3O6S/c1-22(2,3)26-20(27)18(19(33(26,29)30)16-10-8-7-9-11-16)24-12-13-31-17-14-25(15-17)21(28)32-23(4,5)6/h7-11,17,19,29-30H,12-15H2,1-6H3. The summed E-state index contributed by atoms with van der Waals surface area (Å²) in [6.45, 7) is 12.1. The Morgan fingerprint density at radius 3 is 2.27 bits per heavy atom. The van der Waals surface area contributed by atoms with Crippen molar-refractivity contribution in [3.8, 4) is 0 Å². The van der Waals surface area contributed by atoms with Crippen molar-refractivity contribution in [3.63, 3.8) is 0 Å². The van der Waals surface area contributed by atoms with Crippen molar-refractivity contribution in [3.05, 3.63) is 35.9 Å². The third-order valence-corrected chi connectivity index (χ3v) is 7.55. The van der Waals surface area contributed by atoms with Gasteiger partial charge < -0.3 is 14.4 Å². The van der Waals surface area contributed by atoms with Crippen LogP contribution in [0.2, 0.25) is 0 Å². The van der Waals surface area contributed by atoms with E-state index in [1.165, 1.54) is 0 Å². The van der Waals surface area contributed by atoms with Gasteiger partial charge >= 0.3 is 6.09 Å². The minimum absolute atomic E-state index is 0.117. The monoisotopic (exact) mass is 481 g/mol. The number of likely N-dealkylation sites (tertiary alicyclic amines) is 1. The molecule has 184 valence electrons. The fourth-order valence-corrected chi connectivity index (χ4v) is 6.18. The molecular weight excluding hydrogens is 446 g/mol. The number of amides is 2. The molecule has 2 aliphatic rings. The summed E-state index contributed by atoms with van der Waals surface area (Å²) < 4.78 is 34.4. The molecule has 2 amide bonds. The van der Waals surface area contributed by atoms with Gasteiger partial charge in [-0.15, -0.1) is 10.8 Å². The maximum atomic E-state index is 13.2. The molecule has 1 atom stereocenters. The van der Waals surface area contributed by atoms with Gasteiger partial charge in [0.15, 0.2) is 0 Å². The molecular formula is C23H35N3O6S. The summed E-state index contributed by atoms with van der Waals surface area (Å²) in [7, 11) is -3.46. The minimum Gasteiger partial charge on any atom is -0.444 e. The normalized spacial score (nSPS) is 23.6. The highest BCUT2D eigenvalue weighted by Gasteiger charge is 2.54. The van der Waals surface area contributed by atoms with Crippen LogP contribution < -0.4 is 0 Å². The number of carbonyl (C=O) groups is 2. The highest BCUT2D eigenvalue weighted by atomic mass is 32.3. The van der Waals surface area contributed by atoms with E-state index in [1.807, 2.05) is 26.8 Å². The molecule has 2 N–H and O–H groups in total. The summed E-state index contributed by atoms with van der Waals surface area (Å²) in [5, 5.41) is -0.920. The molecule has 0 spiro atoms. The first-order chi connectivity index (χ1) is 15.2. The SMILES string of the molecule is CC(C)(C)OC(=O)N1CC(OCCN=C2C(=O)N(C(C)(C)C)S(O)(O)C2c2ccccc2)C1. The molecule has 10 heteroatoms. The first-order valence-corrected chi connectivity index (χ1v) is 12.6. The van der Waals surface area contributed by atoms with Gasteiger partial charge in [-0.1, -0.05) is 30.3 Å². The first-order valence-electron chi connectivity index (χ1n) is 11.0. The van der Waals surface area contributed by atoms with E-state index in [1.54, 1.807) is 49.9 Å². The largest absolute Gasteiger partial charge is 0.444 e. The molecule has 2 aliphatic heterocycles. The summed E-state index contributed by atoms with van der Waals surface area (Å²) in [6.07, 6.45) is -0.481. The molecule has 33 heavy (non-hydrogen) atoms. The number of hydrogen-bond acceptors (Lipinski definition) is 7. The number of hydrogen-bond donors (Lipinski definition) is 2. The van der Waals surface area contributed by atoms with E-state index in [4.69, 9.17) is 9.47 Å². The Hall–Kier alpha value is -2.14. The number of rotatable bonds is 5. The van der Waals surface area contributed by atoms with Crippen molar-refractivity contribution >= 4 is 28.5 Å². The van der Waals surface area contributed by atoms with Crippen LogP contribution in [0.15, 0.2) is 35.3 Å². The van der Waals surface area contributed by atoms with Gasteiger partial charge in [0, 0.05) is 0 Å². The molecule has 2 heterocycles. The highest BCUT2D eigenvalue weighted by molar-refractivity contribution is 8.24. The van der Waals surface area contributed by atoms with Crippen LogP contribution in [-0.2, 0) is 14.3 Å². The molecule has 0 aromatic heterocycles. The van der Waals surface area contributed by atoms with Crippen molar-refractivity contribution in [1.82, 2.24) is 9.21 Å². The van der Waals surface area contributed by atoms with Crippen LogP contribution in [0.5, 0.6) is 0 Å². The number of ether oxygens (including phenoxy) is 2. The minimum atomic E-state index is -3.46. The Morgan fingerprint density at radius 2 is 1.73 bits per heavy atom. The van der Waals surface area contributed by atoms with Crippen LogP contribution in [0, 0.1) is 0 Å². The third kappa shape index (κ3) is 5.68. The van der Waals surface area contributed by atoms with E-state index in [9.17, 15) is 18.7 Å². The van der Waals surface area contributed by atoms with E-state index in [0.29, 0.717) is 18.7 Å². The average Bonchev–Trinajstić information content (AvgIpc) is 2.83. The van der Waals surface area contributed by atoms with E-state index in [2.05, 4.69) is 4.99 Å². The van der Waals surface area contributed by atoms with Crippen molar-refractivity contribution < 1.29 is 28.2 Å². The molecule has 0 aliphatic carbocycles. The molecule has 2 saturated heterocycles. The quantitative estimate of drug-likeness (QED) is 0.612. The predicted octanol–water partition coefficient (Wildman–Crippen LogP) is 4.11. The van der Waals surface area contributed by atoms with E-state index < -0.39 is 33.1 Å². The zero-order chi connectivity index (χ0) is 24.6. The topological polar surface area (TPSA) is 112 Å². The lowest BCUT2D eigenvalue weighted by Gasteiger charge is -2.46. The lowest BCUT2D eigenvalue weighted by atomic mass is 10.1. The number of benzene rings is 1. The van der Waals surface area contributed by atoms with Gasteiger partial charge in [0.2, 0.25) is 0 Å². The fraction of sp³-hybridized carbons (Fsp3) is 0.609. The Kier molecular flexibility index (Phi) is 7.14. The number of carbonyl (C=O) groups excluding carboxylic acids is 2. The second-order valence-electron chi connectivity index (χ2n) is 10.3. The average molecular weight is 482 g/mol. The Morgan fingerprint density at radius 1 is 1.12 bits per heavy atom. The molecule has 1 aromatic carbocycles. The Balaban J connectivity index is 1.64. The van der Waals surface area contributed by atoms with Gasteiger partial charge in [0.25, 0.3) is 5.91 Å². The molecule has 9 nitrogen and oxygen atoms in total. The lowest BCUT2D eigenvalue weighted by molar-refractivity contribution is -0.122. The van der Waals surface area contributed by atoms with Crippen molar-refractivity contribution in [2.75, 3.05) is 26.2 Å². The lowest BCUT2D eigenvalue weighted by Crippen LogP contribution is -2.56. The molecule has 0 radical (unpaired) electrons. The zero-order valence-electron chi connectivity index (χ0n) is 20.1. The fourth-order valence-electron chi connectivity index (χ4n) is 3.82. The van der Waals surface area contributed by atoms with Gasteiger partial charge in [-0.2, -0.15) is 0 Å². The van der Waals surface area contributed by atoms with Crippen LogP contribution >= 0.6 is 10.8 Å². The maximum absolute atomic E-state index is 13.2. The summed E-state index contributed by atoms with van der Waals surface area (Å²) in [4.78, 5) is 31.2. The molecule has 0 bridgehead atoms. The van der Waals surface area contributed by atoms with E-state index >= 15 is 0 Å². The molecule has 1 unspecified atom stereocenters. The van der Waals surface area contributed by atoms with Gasteiger partial charge in [-0.3, -0.25) is 18.9 Å². The summed E-state index contributed by atoms with van der Waals surface area (Å²) in [6, 6.07) is 8.96. The summed E-state index contributed by atoms with van der Waals surface area (Å²) in [5.41, 5.74) is -0.568. The van der Waals surface area contributed by atoms with Gasteiger partial charge in [0.1, 0.15) is 16.6 Å². The van der Waals surface area contributed by atoms with Crippen molar-refractivity contribution in [2.24, 2.45) is 4.99 Å². The Bertz CT molecular complexity index is 901. The summed E-state index contributed by atoms with van der Waals surface area (Å²) in [5.74, 6) is -0.476. The number of aliphatic imine (C=N–C) groups is 1. The van der Waals surface area contributed by atoms with Crippen LogP contribution in [0.4, 0.5) is 4.79 Å². The predicted molar refractivity (Wildman–Crippen MR) is 128 cm³/mol. The molecule has 2 fully saturated rings. The van der Waals surface area contributed by atoms with Gasteiger partial charge in [0.05, 0.1) is 37.9 Å². The molecule has 0 saturated carbocycles. The number of nitrogens with zero attached hydrogens (tertiary/aromatic N) is 3. The second-order valence-corrected chi connectivity index (χ2v) is 12.2. The maximum Gasteiger partial charge on any atom is 0.410 e. The van der Waals surface area contributed by atoms with Gasteiger partial charge in [-0.25, -0.2) is 9.10 Å². The molecule has 1 aromatic rings. The third-order valence-electron chi connectivity index (χ3n) is 5.18. The first kappa shape index (κ1) is 25.5. The van der Waals surface area contributed by atoms with E-state index in [-0.39, 0.29) is 31.1 Å². The zero-order valence-corrected chi connectivity index (χ0v) is 21.0. The van der Waals surface area contributed by atoms with Crippen LogP contribution in [-0.4, -0.2) is 79.5 Å². The molecule has 3 rings (SSSR count). The van der Waals surface area contributed by atoms with Crippen LogP contribution in [0.25, 0.3) is 0 Å². The van der Waals surface area contributed by atoms with Crippen LogP contribution in [0.3, 0.4) is 0 Å². The van der Waals surface area contributed by atoms with E-state index in [0.717, 1.165) is 4.31 Å². The van der Waals surface area contributed by atoms with Crippen molar-refractivity contribution in [1.29, 1.82) is 0 Å².